The van der Waals surface area contributed by atoms with Gasteiger partial charge in [-0.05, 0) is 54.3 Å². The second kappa shape index (κ2) is 7.66. The van der Waals surface area contributed by atoms with Gasteiger partial charge in [0, 0.05) is 6.54 Å². The van der Waals surface area contributed by atoms with Crippen molar-refractivity contribution in [3.8, 4) is 23.0 Å². The number of benzene rings is 2. The lowest BCUT2D eigenvalue weighted by molar-refractivity contribution is 0.309. The average Bonchev–Trinajstić information content (AvgIpc) is 2.66. The Morgan fingerprint density at radius 1 is 0.920 bits per heavy atom. The van der Waals surface area contributed by atoms with E-state index in [9.17, 15) is 0 Å². The molecule has 25 heavy (non-hydrogen) atoms. The minimum atomic E-state index is 0.0770. The molecule has 134 valence electrons. The fourth-order valence-corrected chi connectivity index (χ4v) is 3.32. The van der Waals surface area contributed by atoms with Crippen molar-refractivity contribution in [3.63, 3.8) is 0 Å². The minimum absolute atomic E-state index is 0.0770. The van der Waals surface area contributed by atoms with Gasteiger partial charge in [-0.3, -0.25) is 0 Å². The van der Waals surface area contributed by atoms with Crippen LogP contribution in [0.2, 0.25) is 0 Å². The van der Waals surface area contributed by atoms with Crippen LogP contribution in [0.3, 0.4) is 0 Å². The van der Waals surface area contributed by atoms with Crippen LogP contribution in [0.5, 0.6) is 23.0 Å². The summed E-state index contributed by atoms with van der Waals surface area (Å²) in [4.78, 5) is 0. The van der Waals surface area contributed by atoms with Gasteiger partial charge >= 0.3 is 0 Å². The molecule has 0 fully saturated rings. The fourth-order valence-electron chi connectivity index (χ4n) is 3.32. The quantitative estimate of drug-likeness (QED) is 0.872. The molecule has 0 amide bonds. The second-order valence-corrected chi connectivity index (χ2v) is 5.89. The van der Waals surface area contributed by atoms with Crippen molar-refractivity contribution in [1.82, 2.24) is 5.32 Å². The summed E-state index contributed by atoms with van der Waals surface area (Å²) in [6, 6.07) is 10.3. The molecule has 0 aromatic heterocycles. The number of fused-ring (bicyclic) bond motifs is 1. The maximum absolute atomic E-state index is 5.72. The predicted molar refractivity (Wildman–Crippen MR) is 97.3 cm³/mol. The molecule has 0 radical (unpaired) electrons. The third-order valence-corrected chi connectivity index (χ3v) is 4.52. The number of rotatable bonds is 6. The van der Waals surface area contributed by atoms with Crippen molar-refractivity contribution >= 4 is 0 Å². The van der Waals surface area contributed by atoms with E-state index >= 15 is 0 Å². The molecule has 3 rings (SSSR count). The van der Waals surface area contributed by atoms with Gasteiger partial charge in [-0.25, -0.2) is 0 Å². The molecule has 1 heterocycles. The van der Waals surface area contributed by atoms with E-state index in [1.807, 2.05) is 19.1 Å². The SMILES string of the molecule is CCOc1cc2c(cc1OC)[C@@H](c1ccc(OC)c(OC)c1)NCC2. The molecule has 1 atom stereocenters. The van der Waals surface area contributed by atoms with Gasteiger partial charge < -0.3 is 24.3 Å². The molecule has 0 spiro atoms. The Balaban J connectivity index is 2.04. The molecule has 0 saturated carbocycles. The molecule has 0 bridgehead atoms. The Hall–Kier alpha value is -2.40. The third kappa shape index (κ3) is 3.37. The molecule has 1 N–H and O–H groups in total. The Bertz CT molecular complexity index is 745. The summed E-state index contributed by atoms with van der Waals surface area (Å²) in [5.41, 5.74) is 3.62. The molecule has 0 unspecified atom stereocenters. The molecule has 5 heteroatoms. The topological polar surface area (TPSA) is 49.0 Å². The summed E-state index contributed by atoms with van der Waals surface area (Å²) in [7, 11) is 4.97. The molecule has 1 aliphatic heterocycles. The maximum Gasteiger partial charge on any atom is 0.161 e. The van der Waals surface area contributed by atoms with E-state index in [-0.39, 0.29) is 6.04 Å². The molecule has 2 aromatic carbocycles. The lowest BCUT2D eigenvalue weighted by Crippen LogP contribution is -2.30. The Morgan fingerprint density at radius 3 is 2.32 bits per heavy atom. The molecule has 0 saturated heterocycles. The van der Waals surface area contributed by atoms with Crippen molar-refractivity contribution in [3.05, 3.63) is 47.0 Å². The summed E-state index contributed by atoms with van der Waals surface area (Å²) in [5, 5.41) is 3.59. The molecule has 0 aliphatic carbocycles. The highest BCUT2D eigenvalue weighted by Gasteiger charge is 2.25. The molecule has 5 nitrogen and oxygen atoms in total. The summed E-state index contributed by atoms with van der Waals surface area (Å²) in [6.45, 7) is 3.50. The number of nitrogens with one attached hydrogen (secondary N) is 1. The first-order valence-electron chi connectivity index (χ1n) is 8.50. The highest BCUT2D eigenvalue weighted by molar-refractivity contribution is 5.53. The first-order chi connectivity index (χ1) is 12.2. The van der Waals surface area contributed by atoms with Crippen LogP contribution in [0.15, 0.2) is 30.3 Å². The second-order valence-electron chi connectivity index (χ2n) is 5.89. The van der Waals surface area contributed by atoms with Crippen molar-refractivity contribution in [2.75, 3.05) is 34.5 Å². The molecular formula is C20H25NO4. The Kier molecular flexibility index (Phi) is 5.34. The maximum atomic E-state index is 5.72. The van der Waals surface area contributed by atoms with Gasteiger partial charge in [0.2, 0.25) is 0 Å². The van der Waals surface area contributed by atoms with Gasteiger partial charge in [-0.2, -0.15) is 0 Å². The van der Waals surface area contributed by atoms with Crippen LogP contribution in [0, 0.1) is 0 Å². The van der Waals surface area contributed by atoms with Crippen molar-refractivity contribution < 1.29 is 18.9 Å². The van der Waals surface area contributed by atoms with Gasteiger partial charge in [0.05, 0.1) is 34.0 Å². The summed E-state index contributed by atoms with van der Waals surface area (Å²) >= 11 is 0. The zero-order valence-corrected chi connectivity index (χ0v) is 15.2. The minimum Gasteiger partial charge on any atom is -0.493 e. The standard InChI is InChI=1S/C20H25NO4/c1-5-25-19-10-13-8-9-21-20(15(13)12-18(19)24-4)14-6-7-16(22-2)17(11-14)23-3/h6-7,10-12,20-21H,5,8-9H2,1-4H3/t20-/m1/s1. The third-order valence-electron chi connectivity index (χ3n) is 4.52. The van der Waals surface area contributed by atoms with Crippen molar-refractivity contribution in [2.45, 2.75) is 19.4 Å². The monoisotopic (exact) mass is 343 g/mol. The van der Waals surface area contributed by atoms with Crippen LogP contribution in [0.25, 0.3) is 0 Å². The van der Waals surface area contributed by atoms with Gasteiger partial charge in [-0.15, -0.1) is 0 Å². The van der Waals surface area contributed by atoms with Crippen LogP contribution in [-0.4, -0.2) is 34.5 Å². The van der Waals surface area contributed by atoms with E-state index in [0.29, 0.717) is 6.61 Å². The van der Waals surface area contributed by atoms with Crippen LogP contribution in [-0.2, 0) is 6.42 Å². The highest BCUT2D eigenvalue weighted by Crippen LogP contribution is 2.39. The van der Waals surface area contributed by atoms with E-state index in [2.05, 4.69) is 23.5 Å². The zero-order valence-electron chi connectivity index (χ0n) is 15.2. The summed E-state index contributed by atoms with van der Waals surface area (Å²) in [6.07, 6.45) is 0.961. The first-order valence-corrected chi connectivity index (χ1v) is 8.50. The van der Waals surface area contributed by atoms with Gasteiger partial charge in [0.15, 0.2) is 23.0 Å². The van der Waals surface area contributed by atoms with E-state index in [1.165, 1.54) is 11.1 Å². The normalized spacial score (nSPS) is 16.1. The fraction of sp³-hybridized carbons (Fsp3) is 0.400. The number of hydrogen-bond acceptors (Lipinski definition) is 5. The van der Waals surface area contributed by atoms with E-state index in [0.717, 1.165) is 41.5 Å². The van der Waals surface area contributed by atoms with E-state index < -0.39 is 0 Å². The first kappa shape index (κ1) is 17.4. The smallest absolute Gasteiger partial charge is 0.161 e. The molecule has 1 aliphatic rings. The number of hydrogen-bond donors (Lipinski definition) is 1. The van der Waals surface area contributed by atoms with E-state index in [4.69, 9.17) is 18.9 Å². The lowest BCUT2D eigenvalue weighted by Gasteiger charge is -2.29. The number of ether oxygens (including phenoxy) is 4. The lowest BCUT2D eigenvalue weighted by atomic mass is 9.89. The van der Waals surface area contributed by atoms with Crippen LogP contribution >= 0.6 is 0 Å². The number of methoxy groups -OCH3 is 3. The van der Waals surface area contributed by atoms with Gasteiger partial charge in [0.25, 0.3) is 0 Å². The van der Waals surface area contributed by atoms with Crippen molar-refractivity contribution in [1.29, 1.82) is 0 Å². The molecular weight excluding hydrogens is 318 g/mol. The Labute approximate surface area is 148 Å². The highest BCUT2D eigenvalue weighted by atomic mass is 16.5. The van der Waals surface area contributed by atoms with Gasteiger partial charge in [0.1, 0.15) is 0 Å². The van der Waals surface area contributed by atoms with E-state index in [1.54, 1.807) is 21.3 Å². The summed E-state index contributed by atoms with van der Waals surface area (Å²) in [5.74, 6) is 3.02. The van der Waals surface area contributed by atoms with Gasteiger partial charge in [-0.1, -0.05) is 6.07 Å². The van der Waals surface area contributed by atoms with Crippen molar-refractivity contribution in [2.24, 2.45) is 0 Å². The Morgan fingerprint density at radius 2 is 1.64 bits per heavy atom. The van der Waals surface area contributed by atoms with Crippen LogP contribution in [0.1, 0.15) is 29.7 Å². The average molecular weight is 343 g/mol. The predicted octanol–water partition coefficient (Wildman–Crippen LogP) is 3.35. The van der Waals surface area contributed by atoms with Crippen LogP contribution in [0.4, 0.5) is 0 Å². The summed E-state index contributed by atoms with van der Waals surface area (Å²) < 4.78 is 22.1. The van der Waals surface area contributed by atoms with Crippen LogP contribution < -0.4 is 24.3 Å². The molecule has 2 aromatic rings. The largest absolute Gasteiger partial charge is 0.493 e. The zero-order chi connectivity index (χ0) is 17.8.